The molecular formula is C54H33N3. The second kappa shape index (κ2) is 13.0. The summed E-state index contributed by atoms with van der Waals surface area (Å²) in [7, 11) is 0. The molecule has 0 fully saturated rings. The lowest BCUT2D eigenvalue weighted by Gasteiger charge is -2.30. The molecule has 9 aromatic rings. The first-order chi connectivity index (χ1) is 28.2. The van der Waals surface area contributed by atoms with Crippen molar-refractivity contribution >= 4 is 0 Å². The van der Waals surface area contributed by atoms with Crippen molar-refractivity contribution in [3.8, 4) is 84.5 Å². The van der Waals surface area contributed by atoms with E-state index in [0.717, 1.165) is 50.3 Å². The van der Waals surface area contributed by atoms with E-state index in [-0.39, 0.29) is 0 Å². The first kappa shape index (κ1) is 32.7. The van der Waals surface area contributed by atoms with Crippen molar-refractivity contribution in [1.29, 1.82) is 5.26 Å². The topological polar surface area (TPSA) is 49.6 Å². The monoisotopic (exact) mass is 723 g/mol. The molecule has 2 aliphatic carbocycles. The number of hydrogen-bond acceptors (Lipinski definition) is 3. The fourth-order valence-corrected chi connectivity index (χ4v) is 9.17. The summed E-state index contributed by atoms with van der Waals surface area (Å²) in [6.45, 7) is 0. The number of rotatable bonds is 5. The SMILES string of the molecule is N#Cc1ccc2c(c1)C1(c3ccccc3-c3ccccc31)c1cc(-c3ccc(-c4cccc(-c5cc(-c6ccccc6)nc(-c6ccccc6)n5)c4)cc3)ccc1-2. The van der Waals surface area contributed by atoms with Gasteiger partial charge in [-0.05, 0) is 97.1 Å². The molecule has 264 valence electrons. The smallest absolute Gasteiger partial charge is 0.160 e. The van der Waals surface area contributed by atoms with Crippen molar-refractivity contribution in [1.82, 2.24) is 9.97 Å². The molecule has 57 heavy (non-hydrogen) atoms. The fraction of sp³-hybridized carbons (Fsp3) is 0.0185. The lowest BCUT2D eigenvalue weighted by molar-refractivity contribution is 0.793. The highest BCUT2D eigenvalue weighted by Gasteiger charge is 2.51. The minimum absolute atomic E-state index is 0.511. The van der Waals surface area contributed by atoms with Gasteiger partial charge in [0.1, 0.15) is 0 Å². The molecule has 0 saturated carbocycles. The van der Waals surface area contributed by atoms with E-state index in [1.807, 2.05) is 42.5 Å². The lowest BCUT2D eigenvalue weighted by Crippen LogP contribution is -2.26. The first-order valence-electron chi connectivity index (χ1n) is 19.3. The summed E-state index contributed by atoms with van der Waals surface area (Å²) >= 11 is 0. The van der Waals surface area contributed by atoms with Crippen LogP contribution in [0.1, 0.15) is 27.8 Å². The van der Waals surface area contributed by atoms with Crippen LogP contribution in [0.15, 0.2) is 200 Å². The summed E-state index contributed by atoms with van der Waals surface area (Å²) in [6, 6.07) is 73.2. The van der Waals surface area contributed by atoms with Crippen molar-refractivity contribution < 1.29 is 0 Å². The molecule has 3 heteroatoms. The molecule has 2 aliphatic rings. The van der Waals surface area contributed by atoms with Crippen molar-refractivity contribution in [2.75, 3.05) is 0 Å². The average molecular weight is 724 g/mol. The van der Waals surface area contributed by atoms with Gasteiger partial charge in [0, 0.05) is 16.7 Å². The Balaban J connectivity index is 0.991. The van der Waals surface area contributed by atoms with E-state index in [1.54, 1.807) is 0 Å². The van der Waals surface area contributed by atoms with Gasteiger partial charge in [0.15, 0.2) is 5.82 Å². The van der Waals surface area contributed by atoms with Crippen molar-refractivity contribution in [3.05, 3.63) is 228 Å². The van der Waals surface area contributed by atoms with Crippen LogP contribution in [0.5, 0.6) is 0 Å². The maximum absolute atomic E-state index is 10.0. The molecule has 1 spiro atoms. The predicted octanol–water partition coefficient (Wildman–Crippen LogP) is 13.0. The Hall–Kier alpha value is -7.67. The minimum atomic E-state index is -0.511. The highest BCUT2D eigenvalue weighted by molar-refractivity contribution is 5.96. The van der Waals surface area contributed by atoms with Crippen molar-refractivity contribution in [3.63, 3.8) is 0 Å². The van der Waals surface area contributed by atoms with Crippen LogP contribution < -0.4 is 0 Å². The Kier molecular flexibility index (Phi) is 7.45. The molecule has 0 radical (unpaired) electrons. The summed E-state index contributed by atoms with van der Waals surface area (Å²) < 4.78 is 0. The lowest BCUT2D eigenvalue weighted by atomic mass is 9.70. The van der Waals surface area contributed by atoms with Gasteiger partial charge in [0.2, 0.25) is 0 Å². The zero-order chi connectivity index (χ0) is 37.9. The number of nitriles is 1. The van der Waals surface area contributed by atoms with E-state index in [0.29, 0.717) is 11.4 Å². The summed E-state index contributed by atoms with van der Waals surface area (Å²) in [5.74, 6) is 0.705. The Morgan fingerprint density at radius 2 is 0.807 bits per heavy atom. The number of fused-ring (bicyclic) bond motifs is 10. The quantitative estimate of drug-likeness (QED) is 0.178. The van der Waals surface area contributed by atoms with Gasteiger partial charge < -0.3 is 0 Å². The molecule has 0 unspecified atom stereocenters. The molecule has 0 bridgehead atoms. The van der Waals surface area contributed by atoms with Gasteiger partial charge in [-0.25, -0.2) is 9.97 Å². The third kappa shape index (κ3) is 5.12. The fourth-order valence-electron chi connectivity index (χ4n) is 9.17. The molecule has 0 saturated heterocycles. The Labute approximate surface area is 331 Å². The molecule has 11 rings (SSSR count). The first-order valence-corrected chi connectivity index (χ1v) is 19.3. The van der Waals surface area contributed by atoms with Gasteiger partial charge in [-0.2, -0.15) is 5.26 Å². The number of hydrogen-bond donors (Lipinski definition) is 0. The van der Waals surface area contributed by atoms with Crippen LogP contribution in [0.2, 0.25) is 0 Å². The normalized spacial score (nSPS) is 12.7. The molecule has 0 aliphatic heterocycles. The summed E-state index contributed by atoms with van der Waals surface area (Å²) in [4.78, 5) is 10.1. The largest absolute Gasteiger partial charge is 0.228 e. The standard InChI is InChI=1S/C54H33N3/c55-34-35-22-28-45-46-29-27-41(32-50(46)54(49(45)30-35)47-20-9-7-18-43(47)44-19-8-10-21-48(44)54)37-25-23-36(24-26-37)40-16-11-17-42(31-40)52-33-51(38-12-3-1-4-13-38)56-53(57-52)39-14-5-2-6-15-39/h1-33H. The van der Waals surface area contributed by atoms with Crippen LogP contribution in [0, 0.1) is 11.3 Å². The molecule has 0 amide bonds. The van der Waals surface area contributed by atoms with E-state index in [4.69, 9.17) is 9.97 Å². The van der Waals surface area contributed by atoms with E-state index in [1.165, 1.54) is 44.5 Å². The van der Waals surface area contributed by atoms with Crippen LogP contribution in [0.25, 0.3) is 78.4 Å². The van der Waals surface area contributed by atoms with Crippen LogP contribution in [-0.4, -0.2) is 9.97 Å². The number of aromatic nitrogens is 2. The zero-order valence-electron chi connectivity index (χ0n) is 30.9. The Bertz CT molecular complexity index is 2960. The second-order valence-electron chi connectivity index (χ2n) is 14.8. The number of benzene rings is 8. The van der Waals surface area contributed by atoms with Gasteiger partial charge in [0.25, 0.3) is 0 Å². The van der Waals surface area contributed by atoms with E-state index in [2.05, 4.69) is 164 Å². The number of nitrogens with zero attached hydrogens (tertiary/aromatic N) is 3. The maximum atomic E-state index is 10.0. The summed E-state index contributed by atoms with van der Waals surface area (Å²) in [6.07, 6.45) is 0. The maximum Gasteiger partial charge on any atom is 0.160 e. The third-order valence-electron chi connectivity index (χ3n) is 11.8. The van der Waals surface area contributed by atoms with Crippen molar-refractivity contribution in [2.45, 2.75) is 5.41 Å². The summed E-state index contributed by atoms with van der Waals surface area (Å²) in [5.41, 5.74) is 19.5. The molecular weight excluding hydrogens is 691 g/mol. The van der Waals surface area contributed by atoms with Crippen LogP contribution in [0.4, 0.5) is 0 Å². The highest BCUT2D eigenvalue weighted by atomic mass is 14.9. The van der Waals surface area contributed by atoms with Gasteiger partial charge in [-0.1, -0.05) is 170 Å². The van der Waals surface area contributed by atoms with Gasteiger partial charge in [-0.15, -0.1) is 0 Å². The molecule has 1 heterocycles. The Morgan fingerprint density at radius 3 is 1.46 bits per heavy atom. The van der Waals surface area contributed by atoms with E-state index < -0.39 is 5.41 Å². The van der Waals surface area contributed by atoms with Crippen LogP contribution >= 0.6 is 0 Å². The molecule has 3 nitrogen and oxygen atoms in total. The Morgan fingerprint density at radius 1 is 0.333 bits per heavy atom. The minimum Gasteiger partial charge on any atom is -0.228 e. The predicted molar refractivity (Wildman–Crippen MR) is 230 cm³/mol. The molecule has 0 atom stereocenters. The van der Waals surface area contributed by atoms with Crippen LogP contribution in [0.3, 0.4) is 0 Å². The van der Waals surface area contributed by atoms with Crippen molar-refractivity contribution in [2.24, 2.45) is 0 Å². The molecule has 8 aromatic carbocycles. The third-order valence-corrected chi connectivity index (χ3v) is 11.8. The summed E-state index contributed by atoms with van der Waals surface area (Å²) in [5, 5.41) is 10.0. The van der Waals surface area contributed by atoms with Gasteiger partial charge in [-0.3, -0.25) is 0 Å². The molecule has 0 N–H and O–H groups in total. The highest BCUT2D eigenvalue weighted by Crippen LogP contribution is 2.63. The van der Waals surface area contributed by atoms with E-state index >= 15 is 0 Å². The zero-order valence-corrected chi connectivity index (χ0v) is 30.9. The van der Waals surface area contributed by atoms with Gasteiger partial charge >= 0.3 is 0 Å². The average Bonchev–Trinajstić information content (AvgIpc) is 3.76. The van der Waals surface area contributed by atoms with E-state index in [9.17, 15) is 5.26 Å². The van der Waals surface area contributed by atoms with Gasteiger partial charge in [0.05, 0.1) is 28.4 Å². The van der Waals surface area contributed by atoms with Crippen LogP contribution in [-0.2, 0) is 5.41 Å². The molecule has 1 aromatic heterocycles. The second-order valence-corrected chi connectivity index (χ2v) is 14.8.